The molecule has 2 aliphatic heterocycles. The van der Waals surface area contributed by atoms with Crippen molar-refractivity contribution in [1.82, 2.24) is 40.6 Å². The third kappa shape index (κ3) is 23.0. The molecule has 24 nitrogen and oxygen atoms in total. The van der Waals surface area contributed by atoms with Crippen molar-refractivity contribution in [3.63, 3.8) is 0 Å². The topological polar surface area (TPSA) is 285 Å². The van der Waals surface area contributed by atoms with Crippen molar-refractivity contribution in [3.05, 3.63) is 53.9 Å². The Morgan fingerprint density at radius 3 is 1.88 bits per heavy atom. The van der Waals surface area contributed by atoms with Crippen LogP contribution in [0, 0.1) is 17.8 Å². The van der Waals surface area contributed by atoms with Crippen molar-refractivity contribution >= 4 is 53.2 Å². The second-order valence-electron chi connectivity index (χ2n) is 21.9. The standard InChI is InChI=1S/C60H96N8O16S/c1-11-42(4)52(48(77-8)38-50(70)67-23-15-19-47(67)53(78-9)43(5)54(71)64-46(57(74)75)37-44-17-13-12-14-18-44)66(7)56(73)51(41(2)3)65-58(76)60(6)21-16-24-68(60)49(69)20-25-79-27-29-81-31-33-83-35-36-84-34-32-82-30-28-80-26-22-61-55(72)45-39-62-59(85-10)63-40-45/h12-14,17-18,39-43,46-48,51-53H,11,15-16,19-38H2,1-10H3,(H,61,72)(H,64,71)(H,65,76)(H,74,75)/t42-,43+,46-,47-,48+,51-,52-,53+,60-/m0/s1. The van der Waals surface area contributed by atoms with E-state index >= 15 is 0 Å². The summed E-state index contributed by atoms with van der Waals surface area (Å²) in [7, 11) is 4.66. The number of ether oxygens (including phenoxy) is 8. The Hall–Kier alpha value is -5.38. The van der Waals surface area contributed by atoms with Gasteiger partial charge in [-0.1, -0.05) is 83.1 Å². The first-order valence-electron chi connectivity index (χ1n) is 29.7. The van der Waals surface area contributed by atoms with E-state index in [4.69, 9.17) is 37.9 Å². The third-order valence-corrected chi connectivity index (χ3v) is 16.3. The average molecular weight is 1220 g/mol. The van der Waals surface area contributed by atoms with E-state index in [1.54, 1.807) is 59.9 Å². The number of carbonyl (C=O) groups is 7. The predicted octanol–water partition coefficient (Wildman–Crippen LogP) is 3.67. The number of rotatable bonds is 42. The van der Waals surface area contributed by atoms with Gasteiger partial charge in [-0.15, -0.1) is 0 Å². The second-order valence-corrected chi connectivity index (χ2v) is 22.7. The number of hydrogen-bond donors (Lipinski definition) is 4. The first kappa shape index (κ1) is 72.1. The summed E-state index contributed by atoms with van der Waals surface area (Å²) in [6, 6.07) is 5.86. The van der Waals surface area contributed by atoms with Crippen molar-refractivity contribution < 1.29 is 76.6 Å². The van der Waals surface area contributed by atoms with Crippen molar-refractivity contribution in [3.8, 4) is 0 Å². The van der Waals surface area contributed by atoms with E-state index in [1.807, 2.05) is 40.0 Å². The van der Waals surface area contributed by atoms with Crippen molar-refractivity contribution in [2.45, 2.75) is 140 Å². The van der Waals surface area contributed by atoms with Crippen LogP contribution < -0.4 is 16.0 Å². The molecule has 2 aliphatic rings. The fourth-order valence-corrected chi connectivity index (χ4v) is 11.0. The van der Waals surface area contributed by atoms with Gasteiger partial charge in [0, 0.05) is 59.7 Å². The Morgan fingerprint density at radius 2 is 1.35 bits per heavy atom. The zero-order valence-corrected chi connectivity index (χ0v) is 52.5. The molecule has 0 spiro atoms. The number of carbonyl (C=O) groups excluding carboxylic acids is 6. The zero-order valence-electron chi connectivity index (χ0n) is 51.7. The van der Waals surface area contributed by atoms with Crippen LogP contribution in [-0.4, -0.2) is 240 Å². The highest BCUT2D eigenvalue weighted by Crippen LogP contribution is 2.32. The highest BCUT2D eigenvalue weighted by Gasteiger charge is 2.48. The molecule has 25 heteroatoms. The molecule has 2 saturated heterocycles. The van der Waals surface area contributed by atoms with E-state index in [-0.39, 0.29) is 67.9 Å². The van der Waals surface area contributed by atoms with Gasteiger partial charge in [-0.3, -0.25) is 28.8 Å². The molecule has 0 unspecified atom stereocenters. The fraction of sp³-hybridized carbons (Fsp3) is 0.717. The van der Waals surface area contributed by atoms with Crippen LogP contribution in [0.5, 0.6) is 0 Å². The van der Waals surface area contributed by atoms with Crippen molar-refractivity contribution in [1.29, 1.82) is 0 Å². The van der Waals surface area contributed by atoms with Crippen LogP contribution in [0.25, 0.3) is 0 Å². The monoisotopic (exact) mass is 1220 g/mol. The lowest BCUT2D eigenvalue weighted by molar-refractivity contribution is -0.150. The highest BCUT2D eigenvalue weighted by atomic mass is 32.2. The Bertz CT molecular complexity index is 2340. The summed E-state index contributed by atoms with van der Waals surface area (Å²) in [6.45, 7) is 16.4. The second kappa shape index (κ2) is 38.7. The minimum absolute atomic E-state index is 0.0570. The number of amides is 6. The number of carboxylic acids is 1. The van der Waals surface area contributed by atoms with Gasteiger partial charge in [0.15, 0.2) is 5.16 Å². The number of hydrogen-bond acceptors (Lipinski definition) is 18. The molecule has 0 radical (unpaired) electrons. The first-order valence-corrected chi connectivity index (χ1v) is 31.0. The Balaban J connectivity index is 1.15. The summed E-state index contributed by atoms with van der Waals surface area (Å²) >= 11 is 1.40. The third-order valence-electron chi connectivity index (χ3n) is 15.7. The van der Waals surface area contributed by atoms with E-state index in [9.17, 15) is 38.7 Å². The summed E-state index contributed by atoms with van der Waals surface area (Å²) in [5.74, 6) is -4.46. The van der Waals surface area contributed by atoms with Crippen LogP contribution in [0.3, 0.4) is 0 Å². The molecule has 1 aromatic heterocycles. The maximum Gasteiger partial charge on any atom is 0.326 e. The smallest absolute Gasteiger partial charge is 0.326 e. The number of benzene rings is 1. The Morgan fingerprint density at radius 1 is 0.776 bits per heavy atom. The number of carboxylic acid groups (broad SMARTS) is 1. The van der Waals surface area contributed by atoms with Crippen LogP contribution >= 0.6 is 11.8 Å². The van der Waals surface area contributed by atoms with Crippen LogP contribution in [0.15, 0.2) is 47.9 Å². The van der Waals surface area contributed by atoms with Crippen LogP contribution in [0.2, 0.25) is 0 Å². The summed E-state index contributed by atoms with van der Waals surface area (Å²) in [4.78, 5) is 108. The van der Waals surface area contributed by atoms with Gasteiger partial charge in [-0.2, -0.15) is 0 Å². The molecule has 478 valence electrons. The van der Waals surface area contributed by atoms with Gasteiger partial charge in [0.2, 0.25) is 29.5 Å². The quantitative estimate of drug-likeness (QED) is 0.0419. The zero-order chi connectivity index (χ0) is 62.3. The molecule has 0 bridgehead atoms. The Kier molecular flexibility index (Phi) is 32.8. The van der Waals surface area contributed by atoms with Crippen LogP contribution in [0.4, 0.5) is 0 Å². The number of likely N-dealkylation sites (N-methyl/N-ethyl adjacent to an activating group) is 1. The lowest BCUT2D eigenvalue weighted by Crippen LogP contribution is -2.62. The molecule has 1 aromatic carbocycles. The van der Waals surface area contributed by atoms with E-state index < -0.39 is 65.6 Å². The SMILES string of the molecule is CC[C@H](C)[C@@H]([C@@H](CC(=O)N1CCC[C@H]1[C@H](OC)[C@@H](C)C(=O)N[C@@H](Cc1ccccc1)C(=O)O)OC)N(C)C(=O)[C@@H](NC(=O)[C@]1(C)CCCN1C(=O)CCOCCOCCOCCOCCOCCOCCNC(=O)c1cnc(SC)nc1)C(C)C. The molecule has 2 fully saturated rings. The summed E-state index contributed by atoms with van der Waals surface area (Å²) in [6.07, 6.45) is 6.34. The van der Waals surface area contributed by atoms with Gasteiger partial charge in [0.1, 0.15) is 17.6 Å². The van der Waals surface area contributed by atoms with Gasteiger partial charge in [0.25, 0.3) is 5.91 Å². The molecule has 4 rings (SSSR count). The molecular weight excluding hydrogens is 1120 g/mol. The number of methoxy groups -OCH3 is 2. The van der Waals surface area contributed by atoms with Crippen LogP contribution in [-0.2, 0) is 73.1 Å². The van der Waals surface area contributed by atoms with Gasteiger partial charge in [0.05, 0.1) is 128 Å². The lowest BCUT2D eigenvalue weighted by atomic mass is 9.89. The number of nitrogens with zero attached hydrogens (tertiary/aromatic N) is 5. The average Bonchev–Trinajstić information content (AvgIpc) is 2.86. The number of thioether (sulfide) groups is 1. The van der Waals surface area contributed by atoms with Crippen molar-refractivity contribution in [2.24, 2.45) is 17.8 Å². The minimum atomic E-state index is -1.20. The van der Waals surface area contributed by atoms with Crippen LogP contribution in [0.1, 0.15) is 102 Å². The first-order chi connectivity index (χ1) is 40.8. The van der Waals surface area contributed by atoms with Gasteiger partial charge < -0.3 is 73.7 Å². The number of aliphatic carboxylic acids is 1. The summed E-state index contributed by atoms with van der Waals surface area (Å²) in [5, 5.41) is 19.1. The Labute approximate surface area is 506 Å². The van der Waals surface area contributed by atoms with Gasteiger partial charge in [-0.05, 0) is 56.3 Å². The highest BCUT2D eigenvalue weighted by molar-refractivity contribution is 7.98. The van der Waals surface area contributed by atoms with Gasteiger partial charge >= 0.3 is 5.97 Å². The molecule has 6 amide bonds. The fourth-order valence-electron chi connectivity index (χ4n) is 10.7. The van der Waals surface area contributed by atoms with E-state index in [2.05, 4.69) is 25.9 Å². The predicted molar refractivity (Wildman–Crippen MR) is 318 cm³/mol. The molecule has 4 N–H and O–H groups in total. The molecule has 3 heterocycles. The van der Waals surface area contributed by atoms with E-state index in [1.165, 1.54) is 38.4 Å². The number of nitrogens with one attached hydrogen (secondary N) is 3. The molecule has 2 aromatic rings. The minimum Gasteiger partial charge on any atom is -0.480 e. The maximum atomic E-state index is 14.7. The molecule has 85 heavy (non-hydrogen) atoms. The molecule has 9 atom stereocenters. The molecular formula is C60H96N8O16S. The molecule has 0 aliphatic carbocycles. The van der Waals surface area contributed by atoms with E-state index in [0.29, 0.717) is 129 Å². The normalized spacial score (nSPS) is 18.5. The number of aromatic nitrogens is 2. The summed E-state index contributed by atoms with van der Waals surface area (Å²) < 4.78 is 45.4. The maximum absolute atomic E-state index is 14.7. The van der Waals surface area contributed by atoms with Crippen molar-refractivity contribution in [2.75, 3.05) is 126 Å². The lowest BCUT2D eigenvalue weighted by Gasteiger charge is -2.41. The number of likely N-dealkylation sites (tertiary alicyclic amines) is 2. The van der Waals surface area contributed by atoms with E-state index in [0.717, 1.165) is 5.56 Å². The van der Waals surface area contributed by atoms with Gasteiger partial charge in [-0.25, -0.2) is 14.8 Å². The largest absolute Gasteiger partial charge is 0.480 e. The molecule has 0 saturated carbocycles. The summed E-state index contributed by atoms with van der Waals surface area (Å²) in [5.41, 5.74) is -0.0490.